The first kappa shape index (κ1) is 21.9. The van der Waals surface area contributed by atoms with E-state index in [0.717, 1.165) is 5.39 Å². The molecule has 0 bridgehead atoms. The zero-order chi connectivity index (χ0) is 22.5. The molecule has 0 aliphatic heterocycles. The number of methoxy groups -OCH3 is 1. The van der Waals surface area contributed by atoms with Gasteiger partial charge in [-0.1, -0.05) is 25.1 Å². The molecule has 2 amide bonds. The maximum absolute atomic E-state index is 12.5. The molecule has 0 saturated heterocycles. The van der Waals surface area contributed by atoms with Crippen LogP contribution in [0.2, 0.25) is 0 Å². The van der Waals surface area contributed by atoms with Crippen molar-refractivity contribution in [3.63, 3.8) is 0 Å². The number of fused-ring (bicyclic) bond motifs is 1. The number of hydrogen-bond acceptors (Lipinski definition) is 6. The van der Waals surface area contributed by atoms with E-state index in [4.69, 9.17) is 9.15 Å². The number of anilines is 3. The van der Waals surface area contributed by atoms with Gasteiger partial charge < -0.3 is 24.7 Å². The van der Waals surface area contributed by atoms with E-state index in [2.05, 4.69) is 10.6 Å². The van der Waals surface area contributed by atoms with E-state index >= 15 is 0 Å². The Labute approximate surface area is 179 Å². The van der Waals surface area contributed by atoms with Crippen molar-refractivity contribution in [2.45, 2.75) is 26.3 Å². The third-order valence-corrected chi connectivity index (χ3v) is 4.90. The zero-order valence-electron chi connectivity index (χ0n) is 17.9. The van der Waals surface area contributed by atoms with Gasteiger partial charge in [-0.15, -0.1) is 0 Å². The molecular weight excluding hydrogens is 398 g/mol. The largest absolute Gasteiger partial charge is 0.495 e. The third-order valence-electron chi connectivity index (χ3n) is 4.90. The predicted octanol–water partition coefficient (Wildman–Crippen LogP) is 3.42. The van der Waals surface area contributed by atoms with Gasteiger partial charge in [0.1, 0.15) is 23.1 Å². The van der Waals surface area contributed by atoms with Gasteiger partial charge in [0.2, 0.25) is 11.8 Å². The molecule has 8 heteroatoms. The Bertz CT molecular complexity index is 1170. The monoisotopic (exact) mass is 423 g/mol. The molecule has 0 aliphatic carbocycles. The van der Waals surface area contributed by atoms with Crippen LogP contribution in [0.15, 0.2) is 57.7 Å². The van der Waals surface area contributed by atoms with Crippen molar-refractivity contribution in [1.82, 2.24) is 5.32 Å². The molecule has 1 unspecified atom stereocenters. The Hall–Kier alpha value is -3.81. The van der Waals surface area contributed by atoms with E-state index < -0.39 is 11.7 Å². The van der Waals surface area contributed by atoms with Gasteiger partial charge in [-0.05, 0) is 37.3 Å². The highest BCUT2D eigenvalue weighted by Gasteiger charge is 2.18. The Kier molecular flexibility index (Phi) is 6.59. The maximum Gasteiger partial charge on any atom is 0.360 e. The average Bonchev–Trinajstić information content (AvgIpc) is 2.77. The van der Waals surface area contributed by atoms with E-state index in [1.165, 1.54) is 7.11 Å². The van der Waals surface area contributed by atoms with Crippen molar-refractivity contribution in [1.29, 1.82) is 0 Å². The van der Waals surface area contributed by atoms with E-state index in [1.54, 1.807) is 62.2 Å². The second-order valence-electron chi connectivity index (χ2n) is 7.03. The molecule has 3 rings (SSSR count). The number of carbonyl (C=O) groups excluding carboxylic acids is 2. The fourth-order valence-electron chi connectivity index (χ4n) is 3.08. The molecule has 3 aromatic rings. The molecule has 0 radical (unpaired) electrons. The lowest BCUT2D eigenvalue weighted by molar-refractivity contribution is -0.125. The van der Waals surface area contributed by atoms with Gasteiger partial charge in [-0.2, -0.15) is 0 Å². The van der Waals surface area contributed by atoms with Crippen LogP contribution in [-0.4, -0.2) is 32.0 Å². The van der Waals surface area contributed by atoms with Crippen LogP contribution in [-0.2, 0) is 9.59 Å². The van der Waals surface area contributed by atoms with E-state index in [1.807, 2.05) is 12.1 Å². The number of amides is 2. The fraction of sp³-hybridized carbons (Fsp3) is 0.261. The van der Waals surface area contributed by atoms with Gasteiger partial charge in [0, 0.05) is 24.5 Å². The van der Waals surface area contributed by atoms with E-state index in [-0.39, 0.29) is 18.2 Å². The normalized spacial score (nSPS) is 11.6. The molecule has 0 spiro atoms. The molecule has 0 aliphatic rings. The summed E-state index contributed by atoms with van der Waals surface area (Å²) in [6.45, 7) is 3.32. The average molecular weight is 423 g/mol. The summed E-state index contributed by atoms with van der Waals surface area (Å²) in [5, 5.41) is 6.19. The Balaban J connectivity index is 1.91. The van der Waals surface area contributed by atoms with Gasteiger partial charge in [-0.3, -0.25) is 9.59 Å². The number of nitrogens with zero attached hydrogens (tertiary/aromatic N) is 1. The van der Waals surface area contributed by atoms with Crippen LogP contribution >= 0.6 is 0 Å². The first-order chi connectivity index (χ1) is 14.8. The summed E-state index contributed by atoms with van der Waals surface area (Å²) in [4.78, 5) is 38.3. The lowest BCUT2D eigenvalue weighted by Crippen LogP contribution is -2.41. The number of ether oxygens (including phenoxy) is 1. The number of hydrogen-bond donors (Lipinski definition) is 2. The van der Waals surface area contributed by atoms with Gasteiger partial charge in [0.25, 0.3) is 0 Å². The van der Waals surface area contributed by atoms with E-state index in [0.29, 0.717) is 28.4 Å². The minimum Gasteiger partial charge on any atom is -0.495 e. The summed E-state index contributed by atoms with van der Waals surface area (Å²) in [6, 6.07) is 13.5. The van der Waals surface area contributed by atoms with Crippen molar-refractivity contribution < 1.29 is 18.7 Å². The summed E-state index contributed by atoms with van der Waals surface area (Å²) in [6.07, 6.45) is 0.287. The predicted molar refractivity (Wildman–Crippen MR) is 120 cm³/mol. The summed E-state index contributed by atoms with van der Waals surface area (Å²) in [7, 11) is 3.23. The smallest absolute Gasteiger partial charge is 0.360 e. The number of para-hydroxylation sites is 1. The fourth-order valence-corrected chi connectivity index (χ4v) is 3.08. The Morgan fingerprint density at radius 3 is 2.61 bits per heavy atom. The number of nitrogens with one attached hydrogen (secondary N) is 2. The number of carbonyl (C=O) groups is 2. The van der Waals surface area contributed by atoms with Crippen molar-refractivity contribution in [3.8, 4) is 5.75 Å². The van der Waals surface area contributed by atoms with Gasteiger partial charge in [0.15, 0.2) is 0 Å². The highest BCUT2D eigenvalue weighted by molar-refractivity contribution is 5.98. The molecule has 0 saturated carbocycles. The summed E-state index contributed by atoms with van der Waals surface area (Å²) in [5.74, 6) is -0.152. The van der Waals surface area contributed by atoms with Crippen molar-refractivity contribution in [3.05, 3.63) is 59.0 Å². The summed E-state index contributed by atoms with van der Waals surface area (Å²) in [5.41, 5.74) is 1.45. The van der Waals surface area contributed by atoms with Gasteiger partial charge >= 0.3 is 5.63 Å². The van der Waals surface area contributed by atoms with Crippen LogP contribution in [0.1, 0.15) is 20.3 Å². The molecule has 31 heavy (non-hydrogen) atoms. The standard InChI is InChI=1S/C23H25N3O5/c1-5-21(27)24-14(2)22(28)25-17-13-16(10-11-20(17)30-4)26(3)18-12-15-8-6-7-9-19(15)31-23(18)29/h6-14H,5H2,1-4H3,(H,24,27)(H,25,28). The lowest BCUT2D eigenvalue weighted by Gasteiger charge is -2.21. The molecule has 2 aromatic carbocycles. The van der Waals surface area contributed by atoms with Crippen LogP contribution in [0.5, 0.6) is 5.75 Å². The lowest BCUT2D eigenvalue weighted by atomic mass is 10.2. The molecular formula is C23H25N3O5. The summed E-state index contributed by atoms with van der Waals surface area (Å²) < 4.78 is 10.8. The number of rotatable bonds is 7. The molecule has 8 nitrogen and oxygen atoms in total. The molecule has 1 atom stereocenters. The first-order valence-corrected chi connectivity index (χ1v) is 9.89. The second kappa shape index (κ2) is 9.34. The Morgan fingerprint density at radius 2 is 1.90 bits per heavy atom. The summed E-state index contributed by atoms with van der Waals surface area (Å²) >= 11 is 0. The second-order valence-corrected chi connectivity index (χ2v) is 7.03. The first-order valence-electron chi connectivity index (χ1n) is 9.89. The Morgan fingerprint density at radius 1 is 1.16 bits per heavy atom. The van der Waals surface area contributed by atoms with Crippen molar-refractivity contribution >= 4 is 39.8 Å². The van der Waals surface area contributed by atoms with Gasteiger partial charge in [-0.25, -0.2) is 4.79 Å². The molecule has 2 N–H and O–H groups in total. The van der Waals surface area contributed by atoms with Gasteiger partial charge in [0.05, 0.1) is 12.8 Å². The van der Waals surface area contributed by atoms with Crippen LogP contribution in [0.4, 0.5) is 17.1 Å². The molecule has 162 valence electrons. The molecule has 0 fully saturated rings. The highest BCUT2D eigenvalue weighted by atomic mass is 16.5. The minimum absolute atomic E-state index is 0.217. The van der Waals surface area contributed by atoms with Crippen LogP contribution in [0.3, 0.4) is 0 Å². The minimum atomic E-state index is -0.717. The van der Waals surface area contributed by atoms with E-state index in [9.17, 15) is 14.4 Å². The molecule has 1 heterocycles. The maximum atomic E-state index is 12.5. The highest BCUT2D eigenvalue weighted by Crippen LogP contribution is 2.32. The van der Waals surface area contributed by atoms with Crippen molar-refractivity contribution in [2.75, 3.05) is 24.4 Å². The SMILES string of the molecule is CCC(=O)NC(C)C(=O)Nc1cc(N(C)c2cc3ccccc3oc2=O)ccc1OC. The van der Waals surface area contributed by atoms with Crippen LogP contribution in [0, 0.1) is 0 Å². The van der Waals surface area contributed by atoms with Crippen molar-refractivity contribution in [2.24, 2.45) is 0 Å². The molecule has 1 aromatic heterocycles. The number of benzene rings is 2. The zero-order valence-corrected chi connectivity index (χ0v) is 17.9. The van der Waals surface area contributed by atoms with Crippen LogP contribution in [0.25, 0.3) is 11.0 Å². The third kappa shape index (κ3) is 4.85. The van der Waals surface area contributed by atoms with Crippen LogP contribution < -0.4 is 25.9 Å². The quantitative estimate of drug-likeness (QED) is 0.565. The topological polar surface area (TPSA) is 101 Å².